The highest BCUT2D eigenvalue weighted by atomic mass is 32.1. The Bertz CT molecular complexity index is 1140. The van der Waals surface area contributed by atoms with Crippen LogP contribution in [0.1, 0.15) is 27.2 Å². The minimum atomic E-state index is -0.716. The molecule has 33 heavy (non-hydrogen) atoms. The molecule has 0 spiro atoms. The summed E-state index contributed by atoms with van der Waals surface area (Å²) in [6, 6.07) is 16.6. The lowest BCUT2D eigenvalue weighted by atomic mass is 10.0. The van der Waals surface area contributed by atoms with Gasteiger partial charge >= 0.3 is 11.8 Å². The van der Waals surface area contributed by atoms with Crippen LogP contribution in [-0.4, -0.2) is 37.9 Å². The molecule has 2 N–H and O–H groups in total. The number of hydrogen-bond acceptors (Lipinski definition) is 5. The molecule has 0 fully saturated rings. The van der Waals surface area contributed by atoms with Crippen molar-refractivity contribution in [1.29, 1.82) is 0 Å². The lowest BCUT2D eigenvalue weighted by Gasteiger charge is -2.29. The number of ether oxygens (including phenoxy) is 1. The number of methoxy groups -OCH3 is 1. The first-order chi connectivity index (χ1) is 16.0. The van der Waals surface area contributed by atoms with Gasteiger partial charge in [-0.15, -0.1) is 11.3 Å². The number of nitrogens with one attached hydrogen (secondary N) is 2. The van der Waals surface area contributed by atoms with E-state index in [-0.39, 0.29) is 5.91 Å². The highest BCUT2D eigenvalue weighted by molar-refractivity contribution is 7.12. The van der Waals surface area contributed by atoms with E-state index in [1.165, 1.54) is 11.3 Å². The fourth-order valence-electron chi connectivity index (χ4n) is 3.80. The maximum Gasteiger partial charge on any atom is 0.313 e. The number of fused-ring (bicyclic) bond motifs is 1. The molecule has 8 heteroatoms. The standard InChI is InChI=1S/C25H25N3O4S/c1-32-20-9-6-17(7-10-20)12-13-26-23(29)24(30)27-19-8-11-21-18(16-19)4-2-14-28(21)25(31)22-5-3-15-33-22/h3,5-11,15-16H,2,4,12-14H2,1H3,(H,26,29)(H,27,30). The van der Waals surface area contributed by atoms with Crippen LogP contribution < -0.4 is 20.3 Å². The van der Waals surface area contributed by atoms with Crippen molar-refractivity contribution in [1.82, 2.24) is 5.32 Å². The fourth-order valence-corrected chi connectivity index (χ4v) is 4.47. The Hall–Kier alpha value is -3.65. The second-order valence-electron chi connectivity index (χ2n) is 7.69. The molecular weight excluding hydrogens is 438 g/mol. The molecule has 170 valence electrons. The van der Waals surface area contributed by atoms with Crippen LogP contribution in [0.3, 0.4) is 0 Å². The number of anilines is 2. The molecule has 0 saturated heterocycles. The molecule has 0 saturated carbocycles. The quantitative estimate of drug-likeness (QED) is 0.547. The molecular formula is C25H25N3O4S. The van der Waals surface area contributed by atoms with Gasteiger partial charge in [0.25, 0.3) is 5.91 Å². The summed E-state index contributed by atoms with van der Waals surface area (Å²) in [6.45, 7) is 1.01. The van der Waals surface area contributed by atoms with Crippen LogP contribution in [-0.2, 0) is 22.4 Å². The number of hydrogen-bond donors (Lipinski definition) is 2. The van der Waals surface area contributed by atoms with Crippen molar-refractivity contribution < 1.29 is 19.1 Å². The molecule has 0 radical (unpaired) electrons. The van der Waals surface area contributed by atoms with Crippen molar-refractivity contribution in [3.05, 3.63) is 76.0 Å². The zero-order chi connectivity index (χ0) is 23.2. The van der Waals surface area contributed by atoms with Crippen LogP contribution >= 0.6 is 11.3 Å². The van der Waals surface area contributed by atoms with Crippen molar-refractivity contribution in [2.24, 2.45) is 0 Å². The Kier molecular flexibility index (Phi) is 7.04. The molecule has 0 unspecified atom stereocenters. The number of carbonyl (C=O) groups excluding carboxylic acids is 3. The van der Waals surface area contributed by atoms with Crippen molar-refractivity contribution in [2.45, 2.75) is 19.3 Å². The Morgan fingerprint density at radius 3 is 2.61 bits per heavy atom. The smallest absolute Gasteiger partial charge is 0.313 e. The van der Waals surface area contributed by atoms with E-state index in [1.807, 2.05) is 53.9 Å². The fraction of sp³-hybridized carbons (Fsp3) is 0.240. The Morgan fingerprint density at radius 1 is 1.06 bits per heavy atom. The molecule has 1 aliphatic heterocycles. The molecule has 7 nitrogen and oxygen atoms in total. The highest BCUT2D eigenvalue weighted by Crippen LogP contribution is 2.31. The van der Waals surface area contributed by atoms with E-state index in [0.29, 0.717) is 30.1 Å². The molecule has 3 amide bonds. The Labute approximate surface area is 196 Å². The second-order valence-corrected chi connectivity index (χ2v) is 8.64. The lowest BCUT2D eigenvalue weighted by Crippen LogP contribution is -2.37. The van der Waals surface area contributed by atoms with Gasteiger partial charge in [-0.2, -0.15) is 0 Å². The van der Waals surface area contributed by atoms with Crippen LogP contribution in [0.5, 0.6) is 5.75 Å². The third-order valence-electron chi connectivity index (χ3n) is 5.50. The normalized spacial score (nSPS) is 12.6. The van der Waals surface area contributed by atoms with Gasteiger partial charge in [0.1, 0.15) is 5.75 Å². The SMILES string of the molecule is COc1ccc(CCNC(=O)C(=O)Nc2ccc3c(c2)CCCN3C(=O)c2cccs2)cc1. The summed E-state index contributed by atoms with van der Waals surface area (Å²) >= 11 is 1.42. The van der Waals surface area contributed by atoms with Gasteiger partial charge in [-0.1, -0.05) is 18.2 Å². The van der Waals surface area contributed by atoms with Gasteiger partial charge in [0.2, 0.25) is 0 Å². The van der Waals surface area contributed by atoms with E-state index in [2.05, 4.69) is 10.6 Å². The molecule has 2 aromatic carbocycles. The number of aryl methyl sites for hydroxylation is 1. The molecule has 3 aromatic rings. The number of benzene rings is 2. The molecule has 2 heterocycles. The van der Waals surface area contributed by atoms with Crippen LogP contribution in [0, 0.1) is 0 Å². The van der Waals surface area contributed by atoms with Crippen LogP contribution in [0.4, 0.5) is 11.4 Å². The first-order valence-electron chi connectivity index (χ1n) is 10.8. The van der Waals surface area contributed by atoms with Crippen LogP contribution in [0.15, 0.2) is 60.0 Å². The summed E-state index contributed by atoms with van der Waals surface area (Å²) in [6.07, 6.45) is 2.25. The van der Waals surface area contributed by atoms with Gasteiger partial charge in [-0.05, 0) is 72.2 Å². The van der Waals surface area contributed by atoms with Crippen molar-refractivity contribution in [3.63, 3.8) is 0 Å². The van der Waals surface area contributed by atoms with Gasteiger partial charge in [0, 0.05) is 24.5 Å². The van der Waals surface area contributed by atoms with E-state index in [1.54, 1.807) is 18.1 Å². The minimum Gasteiger partial charge on any atom is -0.497 e. The third kappa shape index (κ3) is 5.40. The molecule has 0 bridgehead atoms. The zero-order valence-corrected chi connectivity index (χ0v) is 19.1. The maximum absolute atomic E-state index is 12.8. The van der Waals surface area contributed by atoms with Gasteiger partial charge < -0.3 is 20.3 Å². The van der Waals surface area contributed by atoms with Gasteiger partial charge in [0.05, 0.1) is 12.0 Å². The Balaban J connectivity index is 1.33. The first-order valence-corrected chi connectivity index (χ1v) is 11.6. The average Bonchev–Trinajstić information content (AvgIpc) is 3.38. The van der Waals surface area contributed by atoms with Crippen LogP contribution in [0.2, 0.25) is 0 Å². The van der Waals surface area contributed by atoms with E-state index in [0.717, 1.165) is 35.4 Å². The summed E-state index contributed by atoms with van der Waals surface area (Å²) < 4.78 is 5.13. The minimum absolute atomic E-state index is 0.0148. The topological polar surface area (TPSA) is 87.7 Å². The van der Waals surface area contributed by atoms with Crippen LogP contribution in [0.25, 0.3) is 0 Å². The number of nitrogens with zero attached hydrogens (tertiary/aromatic N) is 1. The van der Waals surface area contributed by atoms with E-state index in [4.69, 9.17) is 4.74 Å². The number of amides is 3. The van der Waals surface area contributed by atoms with Gasteiger partial charge in [0.15, 0.2) is 0 Å². The van der Waals surface area contributed by atoms with Gasteiger partial charge in [-0.3, -0.25) is 14.4 Å². The second kappa shape index (κ2) is 10.3. The van der Waals surface area contributed by atoms with Crippen molar-refractivity contribution >= 4 is 40.4 Å². The molecule has 0 atom stereocenters. The Morgan fingerprint density at radius 2 is 1.88 bits per heavy atom. The predicted molar refractivity (Wildman–Crippen MR) is 129 cm³/mol. The summed E-state index contributed by atoms with van der Waals surface area (Å²) in [4.78, 5) is 39.8. The summed E-state index contributed by atoms with van der Waals surface area (Å²) in [5.41, 5.74) is 3.40. The van der Waals surface area contributed by atoms with Gasteiger partial charge in [-0.25, -0.2) is 0 Å². The predicted octanol–water partition coefficient (Wildman–Crippen LogP) is 3.65. The summed E-state index contributed by atoms with van der Waals surface area (Å²) in [7, 11) is 1.61. The zero-order valence-electron chi connectivity index (χ0n) is 18.3. The number of rotatable bonds is 6. The summed E-state index contributed by atoms with van der Waals surface area (Å²) in [5.74, 6) is -0.645. The largest absolute Gasteiger partial charge is 0.497 e. The lowest BCUT2D eigenvalue weighted by molar-refractivity contribution is -0.136. The molecule has 1 aromatic heterocycles. The molecule has 4 rings (SSSR count). The highest BCUT2D eigenvalue weighted by Gasteiger charge is 2.24. The van der Waals surface area contributed by atoms with E-state index < -0.39 is 11.8 Å². The number of thiophene rings is 1. The first kappa shape index (κ1) is 22.5. The monoisotopic (exact) mass is 463 g/mol. The average molecular weight is 464 g/mol. The third-order valence-corrected chi connectivity index (χ3v) is 6.36. The van der Waals surface area contributed by atoms with E-state index in [9.17, 15) is 14.4 Å². The van der Waals surface area contributed by atoms with Crippen molar-refractivity contribution in [3.8, 4) is 5.75 Å². The summed E-state index contributed by atoms with van der Waals surface area (Å²) in [5, 5.41) is 7.19. The van der Waals surface area contributed by atoms with E-state index >= 15 is 0 Å². The molecule has 1 aliphatic rings. The number of carbonyl (C=O) groups is 3. The van der Waals surface area contributed by atoms with Crippen molar-refractivity contribution in [2.75, 3.05) is 30.4 Å². The maximum atomic E-state index is 12.8. The molecule has 0 aliphatic carbocycles.